The number of nitrogens with zero attached hydrogens (tertiary/aromatic N) is 2. The van der Waals surface area contributed by atoms with E-state index in [2.05, 4.69) is 0 Å². The molecule has 92 valence electrons. The summed E-state index contributed by atoms with van der Waals surface area (Å²) in [6.07, 6.45) is 1.27. The van der Waals surface area contributed by atoms with Crippen LogP contribution in [-0.2, 0) is 6.54 Å². The van der Waals surface area contributed by atoms with Gasteiger partial charge in [0.1, 0.15) is 0 Å². The van der Waals surface area contributed by atoms with Gasteiger partial charge >= 0.3 is 0 Å². The highest BCUT2D eigenvalue weighted by atomic mass is 16.6. The van der Waals surface area contributed by atoms with Crippen LogP contribution in [0.1, 0.15) is 11.1 Å². The summed E-state index contributed by atoms with van der Waals surface area (Å²) in [6, 6.07) is 10.1. The highest BCUT2D eigenvalue weighted by Crippen LogP contribution is 2.09. The Morgan fingerprint density at radius 3 is 2.44 bits per heavy atom. The second-order valence-electron chi connectivity index (χ2n) is 4.10. The zero-order valence-electron chi connectivity index (χ0n) is 9.87. The lowest BCUT2D eigenvalue weighted by molar-refractivity contribution is -0.385. The van der Waals surface area contributed by atoms with Gasteiger partial charge in [-0.1, -0.05) is 29.8 Å². The number of nitro groups is 1. The lowest BCUT2D eigenvalue weighted by Gasteiger charge is -2.05. The lowest BCUT2D eigenvalue weighted by atomic mass is 10.1. The zero-order valence-corrected chi connectivity index (χ0v) is 9.87. The Kier molecular flexibility index (Phi) is 3.23. The van der Waals surface area contributed by atoms with Crippen molar-refractivity contribution in [2.24, 2.45) is 0 Å². The van der Waals surface area contributed by atoms with Gasteiger partial charge in [-0.05, 0) is 12.5 Å². The van der Waals surface area contributed by atoms with Crippen molar-refractivity contribution in [3.05, 3.63) is 74.2 Å². The van der Waals surface area contributed by atoms with Crippen LogP contribution in [0.2, 0.25) is 0 Å². The van der Waals surface area contributed by atoms with Crippen LogP contribution < -0.4 is 5.56 Å². The molecule has 0 saturated heterocycles. The molecular formula is C13H12N2O3. The molecule has 0 unspecified atom stereocenters. The van der Waals surface area contributed by atoms with Crippen molar-refractivity contribution in [3.63, 3.8) is 0 Å². The second-order valence-corrected chi connectivity index (χ2v) is 4.10. The summed E-state index contributed by atoms with van der Waals surface area (Å²) in [5, 5.41) is 10.7. The second kappa shape index (κ2) is 4.83. The van der Waals surface area contributed by atoms with Crippen LogP contribution in [0, 0.1) is 17.0 Å². The number of pyridine rings is 1. The molecule has 0 atom stereocenters. The van der Waals surface area contributed by atoms with E-state index in [0.717, 1.165) is 11.1 Å². The van der Waals surface area contributed by atoms with Crippen LogP contribution in [0.4, 0.5) is 5.69 Å². The third-order valence-electron chi connectivity index (χ3n) is 2.65. The monoisotopic (exact) mass is 244 g/mol. The number of aromatic nitrogens is 1. The van der Waals surface area contributed by atoms with Gasteiger partial charge in [-0.3, -0.25) is 14.9 Å². The summed E-state index contributed by atoms with van der Waals surface area (Å²) in [6.45, 7) is 2.31. The predicted octanol–water partition coefficient (Wildman–Crippen LogP) is 2.11. The predicted molar refractivity (Wildman–Crippen MR) is 67.6 cm³/mol. The van der Waals surface area contributed by atoms with Crippen molar-refractivity contribution in [1.29, 1.82) is 0 Å². The minimum atomic E-state index is -0.509. The summed E-state index contributed by atoms with van der Waals surface area (Å²) < 4.78 is 1.34. The van der Waals surface area contributed by atoms with Crippen molar-refractivity contribution in [2.45, 2.75) is 13.5 Å². The first kappa shape index (κ1) is 12.0. The van der Waals surface area contributed by atoms with Gasteiger partial charge in [-0.25, -0.2) is 0 Å². The van der Waals surface area contributed by atoms with E-state index in [0.29, 0.717) is 6.54 Å². The molecule has 5 nitrogen and oxygen atoms in total. The molecule has 0 amide bonds. The van der Waals surface area contributed by atoms with E-state index in [1.165, 1.54) is 22.9 Å². The molecule has 0 aliphatic heterocycles. The first-order chi connectivity index (χ1) is 8.56. The Morgan fingerprint density at radius 2 is 1.83 bits per heavy atom. The van der Waals surface area contributed by atoms with Crippen LogP contribution in [0.15, 0.2) is 47.4 Å². The van der Waals surface area contributed by atoms with Gasteiger partial charge < -0.3 is 4.57 Å². The average Bonchev–Trinajstić information content (AvgIpc) is 2.34. The molecule has 0 fully saturated rings. The number of benzene rings is 1. The van der Waals surface area contributed by atoms with Crippen LogP contribution >= 0.6 is 0 Å². The Balaban J connectivity index is 2.33. The van der Waals surface area contributed by atoms with E-state index in [1.807, 2.05) is 31.2 Å². The van der Waals surface area contributed by atoms with E-state index in [1.54, 1.807) is 0 Å². The normalized spacial score (nSPS) is 10.3. The van der Waals surface area contributed by atoms with E-state index in [9.17, 15) is 14.9 Å². The summed E-state index contributed by atoms with van der Waals surface area (Å²) in [5.74, 6) is 0. The summed E-state index contributed by atoms with van der Waals surface area (Å²) >= 11 is 0. The van der Waals surface area contributed by atoms with Crippen molar-refractivity contribution in [1.82, 2.24) is 4.57 Å². The third kappa shape index (κ3) is 2.63. The SMILES string of the molecule is Cc1ccc(Cn2cc([N+](=O)[O-])ccc2=O)cc1. The van der Waals surface area contributed by atoms with Gasteiger partial charge in [0.25, 0.3) is 11.2 Å². The Labute approximate surface area is 103 Å². The summed E-state index contributed by atoms with van der Waals surface area (Å²) in [4.78, 5) is 21.7. The van der Waals surface area contributed by atoms with Gasteiger partial charge in [0.15, 0.2) is 0 Å². The van der Waals surface area contributed by atoms with E-state index < -0.39 is 4.92 Å². The molecule has 1 aromatic heterocycles. The van der Waals surface area contributed by atoms with Crippen LogP contribution in [-0.4, -0.2) is 9.49 Å². The maximum absolute atomic E-state index is 11.6. The fourth-order valence-electron chi connectivity index (χ4n) is 1.64. The molecule has 1 heterocycles. The molecule has 0 aliphatic rings. The van der Waals surface area contributed by atoms with Crippen LogP contribution in [0.25, 0.3) is 0 Å². The molecule has 0 radical (unpaired) electrons. The molecule has 0 spiro atoms. The highest BCUT2D eigenvalue weighted by molar-refractivity contribution is 5.26. The maximum Gasteiger partial charge on any atom is 0.285 e. The Morgan fingerprint density at radius 1 is 1.17 bits per heavy atom. The first-order valence-electron chi connectivity index (χ1n) is 5.47. The average molecular weight is 244 g/mol. The van der Waals surface area contributed by atoms with Gasteiger partial charge in [0.2, 0.25) is 0 Å². The molecule has 5 heteroatoms. The number of hydrogen-bond acceptors (Lipinski definition) is 3. The van der Waals surface area contributed by atoms with Gasteiger partial charge in [-0.2, -0.15) is 0 Å². The Hall–Kier alpha value is -2.43. The molecule has 1 aromatic carbocycles. The van der Waals surface area contributed by atoms with Crippen molar-refractivity contribution >= 4 is 5.69 Å². The quantitative estimate of drug-likeness (QED) is 0.613. The minimum Gasteiger partial charge on any atom is -0.304 e. The molecule has 2 rings (SSSR count). The Bertz CT molecular complexity index is 629. The van der Waals surface area contributed by atoms with Gasteiger partial charge in [0, 0.05) is 12.1 Å². The largest absolute Gasteiger partial charge is 0.304 e. The molecule has 0 N–H and O–H groups in total. The lowest BCUT2D eigenvalue weighted by Crippen LogP contribution is -2.19. The summed E-state index contributed by atoms with van der Waals surface area (Å²) in [7, 11) is 0. The van der Waals surface area contributed by atoms with Crippen LogP contribution in [0.5, 0.6) is 0 Å². The number of hydrogen-bond donors (Lipinski definition) is 0. The number of rotatable bonds is 3. The van der Waals surface area contributed by atoms with Crippen molar-refractivity contribution < 1.29 is 4.92 Å². The standard InChI is InChI=1S/C13H12N2O3/c1-10-2-4-11(5-3-10)8-14-9-12(15(17)18)6-7-13(14)16/h2-7,9H,8H2,1H3. The third-order valence-corrected chi connectivity index (χ3v) is 2.65. The molecular weight excluding hydrogens is 232 g/mol. The van der Waals surface area contributed by atoms with Gasteiger partial charge in [0.05, 0.1) is 17.7 Å². The molecule has 18 heavy (non-hydrogen) atoms. The van der Waals surface area contributed by atoms with E-state index in [-0.39, 0.29) is 11.2 Å². The fraction of sp³-hybridized carbons (Fsp3) is 0.154. The fourth-order valence-corrected chi connectivity index (χ4v) is 1.64. The van der Waals surface area contributed by atoms with Crippen molar-refractivity contribution in [3.8, 4) is 0 Å². The minimum absolute atomic E-state index is 0.0817. The zero-order chi connectivity index (χ0) is 13.1. The van der Waals surface area contributed by atoms with Gasteiger partial charge in [-0.15, -0.1) is 0 Å². The first-order valence-corrected chi connectivity index (χ1v) is 5.47. The molecule has 0 bridgehead atoms. The maximum atomic E-state index is 11.6. The molecule has 0 aliphatic carbocycles. The molecule has 2 aromatic rings. The van der Waals surface area contributed by atoms with E-state index >= 15 is 0 Å². The van der Waals surface area contributed by atoms with E-state index in [4.69, 9.17) is 0 Å². The van der Waals surface area contributed by atoms with Crippen LogP contribution in [0.3, 0.4) is 0 Å². The van der Waals surface area contributed by atoms with Crippen molar-refractivity contribution in [2.75, 3.05) is 0 Å². The smallest absolute Gasteiger partial charge is 0.285 e. The highest BCUT2D eigenvalue weighted by Gasteiger charge is 2.07. The number of aryl methyl sites for hydroxylation is 1. The molecule has 0 saturated carbocycles. The topological polar surface area (TPSA) is 65.1 Å². The summed E-state index contributed by atoms with van der Waals surface area (Å²) in [5.41, 5.74) is 1.73.